The molecule has 3 N–H and O–H groups in total. The normalized spacial score (nSPS) is 16.7. The number of halogens is 1. The van der Waals surface area contributed by atoms with Crippen LogP contribution in [0.15, 0.2) is 34.1 Å². The Kier molecular flexibility index (Phi) is 7.43. The molecule has 1 aromatic rings. The SMILES string of the molecule is Cl.NCCNS(=O)(=O)c1cccc(S(=O)(=O)N2CCCCC2)c1. The number of piperidine rings is 1. The highest BCUT2D eigenvalue weighted by molar-refractivity contribution is 7.90. The Bertz CT molecular complexity index is 716. The zero-order valence-corrected chi connectivity index (χ0v) is 15.1. The van der Waals surface area contributed by atoms with Gasteiger partial charge in [0.15, 0.2) is 0 Å². The van der Waals surface area contributed by atoms with Crippen LogP contribution in [0.5, 0.6) is 0 Å². The van der Waals surface area contributed by atoms with E-state index in [4.69, 9.17) is 5.73 Å². The second-order valence-electron chi connectivity index (χ2n) is 5.13. The quantitative estimate of drug-likeness (QED) is 0.744. The Morgan fingerprint density at radius 3 is 2.26 bits per heavy atom. The van der Waals surface area contributed by atoms with E-state index in [0.29, 0.717) is 13.1 Å². The molecule has 0 aromatic heterocycles. The molecular formula is C13H22ClN3O4S2. The molecule has 0 amide bonds. The van der Waals surface area contributed by atoms with Crippen molar-refractivity contribution in [2.45, 2.75) is 29.1 Å². The van der Waals surface area contributed by atoms with Crippen LogP contribution >= 0.6 is 12.4 Å². The number of rotatable bonds is 6. The van der Waals surface area contributed by atoms with Crippen molar-refractivity contribution in [3.63, 3.8) is 0 Å². The fourth-order valence-electron chi connectivity index (χ4n) is 2.33. The third kappa shape index (κ3) is 4.88. The molecular weight excluding hydrogens is 362 g/mol. The number of benzene rings is 1. The van der Waals surface area contributed by atoms with Crippen molar-refractivity contribution in [3.05, 3.63) is 24.3 Å². The number of hydrogen-bond donors (Lipinski definition) is 2. The molecule has 1 fully saturated rings. The van der Waals surface area contributed by atoms with E-state index in [-0.39, 0.29) is 35.3 Å². The van der Waals surface area contributed by atoms with Crippen LogP contribution in [0, 0.1) is 0 Å². The second kappa shape index (κ2) is 8.41. The van der Waals surface area contributed by atoms with Crippen LogP contribution in [-0.2, 0) is 20.0 Å². The van der Waals surface area contributed by atoms with Gasteiger partial charge in [-0.3, -0.25) is 0 Å². The van der Waals surface area contributed by atoms with E-state index in [9.17, 15) is 16.8 Å². The number of hydrogen-bond acceptors (Lipinski definition) is 5. The first kappa shape index (κ1) is 20.3. The van der Waals surface area contributed by atoms with E-state index in [0.717, 1.165) is 19.3 Å². The molecule has 1 saturated heterocycles. The van der Waals surface area contributed by atoms with Gasteiger partial charge in [-0.1, -0.05) is 12.5 Å². The molecule has 1 heterocycles. The maximum atomic E-state index is 12.6. The molecule has 1 aromatic carbocycles. The molecule has 1 aliphatic rings. The van der Waals surface area contributed by atoms with Gasteiger partial charge in [-0.15, -0.1) is 12.4 Å². The van der Waals surface area contributed by atoms with Crippen molar-refractivity contribution in [1.82, 2.24) is 9.03 Å². The number of sulfonamides is 2. The number of nitrogens with one attached hydrogen (secondary N) is 1. The van der Waals surface area contributed by atoms with E-state index in [1.165, 1.54) is 28.6 Å². The summed E-state index contributed by atoms with van der Waals surface area (Å²) in [6, 6.07) is 5.43. The maximum Gasteiger partial charge on any atom is 0.243 e. The molecule has 0 aliphatic carbocycles. The molecule has 2 rings (SSSR count). The predicted octanol–water partition coefficient (Wildman–Crippen LogP) is 0.520. The summed E-state index contributed by atoms with van der Waals surface area (Å²) in [5, 5.41) is 0. The molecule has 0 radical (unpaired) electrons. The van der Waals surface area contributed by atoms with Crippen molar-refractivity contribution >= 4 is 32.5 Å². The van der Waals surface area contributed by atoms with E-state index in [2.05, 4.69) is 4.72 Å². The summed E-state index contributed by atoms with van der Waals surface area (Å²) in [7, 11) is -7.40. The lowest BCUT2D eigenvalue weighted by Crippen LogP contribution is -2.35. The van der Waals surface area contributed by atoms with E-state index >= 15 is 0 Å². The average Bonchev–Trinajstić information content (AvgIpc) is 2.54. The molecule has 10 heteroatoms. The van der Waals surface area contributed by atoms with Crippen LogP contribution < -0.4 is 10.5 Å². The predicted molar refractivity (Wildman–Crippen MR) is 90.5 cm³/mol. The van der Waals surface area contributed by atoms with Gasteiger partial charge in [0.2, 0.25) is 20.0 Å². The summed E-state index contributed by atoms with van der Waals surface area (Å²) in [6.07, 6.45) is 2.67. The molecule has 23 heavy (non-hydrogen) atoms. The zero-order valence-electron chi connectivity index (χ0n) is 12.6. The maximum absolute atomic E-state index is 12.6. The smallest absolute Gasteiger partial charge is 0.243 e. The minimum Gasteiger partial charge on any atom is -0.329 e. The lowest BCUT2D eigenvalue weighted by molar-refractivity contribution is 0.346. The van der Waals surface area contributed by atoms with Crippen LogP contribution in [0.2, 0.25) is 0 Å². The zero-order chi connectivity index (χ0) is 16.2. The van der Waals surface area contributed by atoms with Gasteiger partial charge in [0, 0.05) is 26.2 Å². The van der Waals surface area contributed by atoms with Crippen LogP contribution in [0.4, 0.5) is 0 Å². The van der Waals surface area contributed by atoms with Crippen molar-refractivity contribution in [2.75, 3.05) is 26.2 Å². The van der Waals surface area contributed by atoms with Crippen molar-refractivity contribution < 1.29 is 16.8 Å². The summed E-state index contributed by atoms with van der Waals surface area (Å²) in [5.41, 5.74) is 5.28. The van der Waals surface area contributed by atoms with E-state index in [1.54, 1.807) is 0 Å². The summed E-state index contributed by atoms with van der Waals surface area (Å²) in [4.78, 5) is -0.0657. The van der Waals surface area contributed by atoms with Gasteiger partial charge in [-0.25, -0.2) is 21.6 Å². The van der Waals surface area contributed by atoms with Crippen LogP contribution in [0.1, 0.15) is 19.3 Å². The minimum absolute atomic E-state index is 0. The largest absolute Gasteiger partial charge is 0.329 e. The Morgan fingerprint density at radius 1 is 1.04 bits per heavy atom. The fraction of sp³-hybridized carbons (Fsp3) is 0.538. The van der Waals surface area contributed by atoms with Gasteiger partial charge < -0.3 is 5.73 Å². The third-order valence-electron chi connectivity index (χ3n) is 3.51. The number of nitrogens with zero attached hydrogens (tertiary/aromatic N) is 1. The summed E-state index contributed by atoms with van der Waals surface area (Å²) < 4.78 is 53.0. The molecule has 132 valence electrons. The van der Waals surface area contributed by atoms with Gasteiger partial charge in [0.25, 0.3) is 0 Å². The highest BCUT2D eigenvalue weighted by Crippen LogP contribution is 2.22. The second-order valence-corrected chi connectivity index (χ2v) is 8.83. The lowest BCUT2D eigenvalue weighted by Gasteiger charge is -2.26. The average molecular weight is 384 g/mol. The molecule has 1 aliphatic heterocycles. The molecule has 0 spiro atoms. The first-order chi connectivity index (χ1) is 10.4. The summed E-state index contributed by atoms with van der Waals surface area (Å²) in [6.45, 7) is 1.23. The van der Waals surface area contributed by atoms with E-state index in [1.807, 2.05) is 0 Å². The topological polar surface area (TPSA) is 110 Å². The third-order valence-corrected chi connectivity index (χ3v) is 6.86. The van der Waals surface area contributed by atoms with Crippen molar-refractivity contribution in [3.8, 4) is 0 Å². The fourth-order valence-corrected chi connectivity index (χ4v) is 5.06. The van der Waals surface area contributed by atoms with Gasteiger partial charge in [-0.2, -0.15) is 4.31 Å². The minimum atomic E-state index is -3.75. The molecule has 0 bridgehead atoms. The highest BCUT2D eigenvalue weighted by atomic mass is 35.5. The monoisotopic (exact) mass is 383 g/mol. The molecule has 7 nitrogen and oxygen atoms in total. The Balaban J connectivity index is 0.00000264. The first-order valence-corrected chi connectivity index (χ1v) is 10.1. The molecule has 0 atom stereocenters. The summed E-state index contributed by atoms with van der Waals surface area (Å²) in [5.74, 6) is 0. The van der Waals surface area contributed by atoms with Crippen molar-refractivity contribution in [1.29, 1.82) is 0 Å². The molecule has 0 saturated carbocycles. The molecule has 0 unspecified atom stereocenters. The standard InChI is InChI=1S/C13H21N3O4S2.ClH/c14-7-8-15-21(17,18)12-5-4-6-13(11-12)22(19,20)16-9-2-1-3-10-16;/h4-6,11,15H,1-3,7-10,14H2;1H. The van der Waals surface area contributed by atoms with Gasteiger partial charge >= 0.3 is 0 Å². The Morgan fingerprint density at radius 2 is 1.65 bits per heavy atom. The lowest BCUT2D eigenvalue weighted by atomic mass is 10.2. The first-order valence-electron chi connectivity index (χ1n) is 7.18. The van der Waals surface area contributed by atoms with Gasteiger partial charge in [0.05, 0.1) is 9.79 Å². The van der Waals surface area contributed by atoms with Crippen LogP contribution in [-0.4, -0.2) is 47.3 Å². The highest BCUT2D eigenvalue weighted by Gasteiger charge is 2.27. The van der Waals surface area contributed by atoms with Crippen LogP contribution in [0.3, 0.4) is 0 Å². The number of nitrogens with two attached hydrogens (primary N) is 1. The van der Waals surface area contributed by atoms with Gasteiger partial charge in [0.1, 0.15) is 0 Å². The Hall–Kier alpha value is -0.710. The Labute approximate surface area is 143 Å². The van der Waals surface area contributed by atoms with E-state index < -0.39 is 20.0 Å². The van der Waals surface area contributed by atoms with Gasteiger partial charge in [-0.05, 0) is 31.0 Å². The summed E-state index contributed by atoms with van der Waals surface area (Å²) >= 11 is 0. The van der Waals surface area contributed by atoms with Crippen molar-refractivity contribution in [2.24, 2.45) is 5.73 Å². The van der Waals surface area contributed by atoms with Crippen LogP contribution in [0.25, 0.3) is 0 Å².